The summed E-state index contributed by atoms with van der Waals surface area (Å²) in [6.45, 7) is 4.79. The van der Waals surface area contributed by atoms with Crippen LogP contribution in [0.15, 0.2) is 27.4 Å². The number of anilines is 1. The number of nitrogens with one attached hydrogen (secondary N) is 1. The molecule has 110 valence electrons. The Morgan fingerprint density at radius 2 is 2.00 bits per heavy atom. The van der Waals surface area contributed by atoms with Crippen LogP contribution in [-0.2, 0) is 0 Å². The fourth-order valence-electron chi connectivity index (χ4n) is 1.85. The first kappa shape index (κ1) is 14.5. The molecule has 1 aromatic heterocycles. The topological polar surface area (TPSA) is 107 Å². The average Bonchev–Trinajstić information content (AvgIpc) is 2.65. The third kappa shape index (κ3) is 2.69. The van der Waals surface area contributed by atoms with E-state index in [2.05, 4.69) is 5.32 Å². The molecule has 0 aliphatic rings. The van der Waals surface area contributed by atoms with Crippen molar-refractivity contribution in [2.45, 2.75) is 20.8 Å². The Bertz CT molecular complexity index is 788. The van der Waals surface area contributed by atoms with Crippen molar-refractivity contribution in [3.8, 4) is 0 Å². The molecule has 0 spiro atoms. The van der Waals surface area contributed by atoms with E-state index in [1.807, 2.05) is 0 Å². The van der Waals surface area contributed by atoms with E-state index in [9.17, 15) is 19.7 Å². The van der Waals surface area contributed by atoms with Crippen molar-refractivity contribution in [1.82, 2.24) is 4.57 Å². The summed E-state index contributed by atoms with van der Waals surface area (Å²) < 4.78 is 5.71. The molecule has 1 amide bonds. The van der Waals surface area contributed by atoms with E-state index < -0.39 is 16.7 Å². The Morgan fingerprint density at radius 1 is 1.33 bits per heavy atom. The minimum Gasteiger partial charge on any atom is -0.413 e. The summed E-state index contributed by atoms with van der Waals surface area (Å²) in [6.07, 6.45) is 0. The molecule has 0 saturated heterocycles. The molecule has 0 aliphatic heterocycles. The van der Waals surface area contributed by atoms with Crippen molar-refractivity contribution >= 4 is 17.4 Å². The summed E-state index contributed by atoms with van der Waals surface area (Å²) in [7, 11) is 0. The summed E-state index contributed by atoms with van der Waals surface area (Å²) in [5.74, 6) is -0.419. The minimum absolute atomic E-state index is 0.0713. The van der Waals surface area contributed by atoms with Crippen LogP contribution < -0.4 is 11.1 Å². The second-order valence-electron chi connectivity index (χ2n) is 4.53. The molecule has 0 bridgehead atoms. The Morgan fingerprint density at radius 3 is 2.48 bits per heavy atom. The van der Waals surface area contributed by atoms with Crippen LogP contribution in [0.2, 0.25) is 0 Å². The van der Waals surface area contributed by atoms with E-state index in [4.69, 9.17) is 4.42 Å². The van der Waals surface area contributed by atoms with Gasteiger partial charge in [-0.3, -0.25) is 10.1 Å². The van der Waals surface area contributed by atoms with Gasteiger partial charge < -0.3 is 9.73 Å². The summed E-state index contributed by atoms with van der Waals surface area (Å²) in [4.78, 5) is 33.8. The van der Waals surface area contributed by atoms with Crippen molar-refractivity contribution in [1.29, 1.82) is 0 Å². The minimum atomic E-state index is -0.776. The number of aryl methyl sites for hydroxylation is 2. The van der Waals surface area contributed by atoms with Crippen LogP contribution in [0.5, 0.6) is 0 Å². The van der Waals surface area contributed by atoms with Gasteiger partial charge in [0.25, 0.3) is 5.69 Å². The highest BCUT2D eigenvalue weighted by atomic mass is 16.6. The van der Waals surface area contributed by atoms with Crippen LogP contribution in [0, 0.1) is 30.9 Å². The zero-order chi connectivity index (χ0) is 15.7. The van der Waals surface area contributed by atoms with Gasteiger partial charge in [-0.15, -0.1) is 0 Å². The normalized spacial score (nSPS) is 10.4. The predicted octanol–water partition coefficient (Wildman–Crippen LogP) is 2.35. The Balaban J connectivity index is 2.32. The van der Waals surface area contributed by atoms with Gasteiger partial charge in [0.15, 0.2) is 0 Å². The highest BCUT2D eigenvalue weighted by Gasteiger charge is 2.17. The van der Waals surface area contributed by atoms with Crippen molar-refractivity contribution in [3.63, 3.8) is 0 Å². The van der Waals surface area contributed by atoms with Crippen molar-refractivity contribution in [2.75, 3.05) is 5.32 Å². The molecule has 8 nitrogen and oxygen atoms in total. The molecular formula is C13H13N3O5. The van der Waals surface area contributed by atoms with Gasteiger partial charge in [-0.1, -0.05) is 0 Å². The van der Waals surface area contributed by atoms with E-state index in [-0.39, 0.29) is 5.69 Å². The standard InChI is InChI=1S/C13H13N3O5/c1-7-6-10(16(19)20)4-5-11(7)14-12(17)15-8(2)9(3)21-13(15)18/h4-6H,1-3H3,(H,14,17). The van der Waals surface area contributed by atoms with Crippen molar-refractivity contribution < 1.29 is 14.1 Å². The van der Waals surface area contributed by atoms with Gasteiger partial charge >= 0.3 is 11.8 Å². The number of nitro groups is 1. The number of benzene rings is 1. The predicted molar refractivity (Wildman–Crippen MR) is 74.7 cm³/mol. The number of carbonyl (C=O) groups is 1. The van der Waals surface area contributed by atoms with E-state index >= 15 is 0 Å². The molecule has 1 N–H and O–H groups in total. The van der Waals surface area contributed by atoms with Crippen LogP contribution in [0.3, 0.4) is 0 Å². The lowest BCUT2D eigenvalue weighted by Crippen LogP contribution is -2.29. The number of carbonyl (C=O) groups excluding carboxylic acids is 1. The van der Waals surface area contributed by atoms with E-state index in [0.717, 1.165) is 4.57 Å². The molecule has 0 atom stereocenters. The monoisotopic (exact) mass is 291 g/mol. The lowest BCUT2D eigenvalue weighted by molar-refractivity contribution is -0.384. The zero-order valence-corrected chi connectivity index (χ0v) is 11.7. The molecular weight excluding hydrogens is 278 g/mol. The number of non-ortho nitro benzene ring substituents is 1. The molecule has 8 heteroatoms. The summed E-state index contributed by atoms with van der Waals surface area (Å²) in [5.41, 5.74) is 1.23. The van der Waals surface area contributed by atoms with Gasteiger partial charge in [0.2, 0.25) is 0 Å². The summed E-state index contributed by atoms with van der Waals surface area (Å²) in [5, 5.41) is 13.2. The van der Waals surface area contributed by atoms with Gasteiger partial charge in [-0.25, -0.2) is 9.59 Å². The van der Waals surface area contributed by atoms with Gasteiger partial charge in [0, 0.05) is 17.8 Å². The quantitative estimate of drug-likeness (QED) is 0.675. The number of hydrogen-bond acceptors (Lipinski definition) is 5. The first-order valence-corrected chi connectivity index (χ1v) is 6.06. The average molecular weight is 291 g/mol. The third-order valence-electron chi connectivity index (χ3n) is 3.13. The molecule has 0 saturated carbocycles. The second kappa shape index (κ2) is 5.23. The van der Waals surface area contributed by atoms with E-state index in [1.54, 1.807) is 20.8 Å². The maximum atomic E-state index is 12.1. The van der Waals surface area contributed by atoms with Gasteiger partial charge in [0.05, 0.1) is 10.6 Å². The number of hydrogen-bond donors (Lipinski definition) is 1. The maximum Gasteiger partial charge on any atom is 0.427 e. The second-order valence-corrected chi connectivity index (χ2v) is 4.53. The lowest BCUT2D eigenvalue weighted by Gasteiger charge is -2.08. The van der Waals surface area contributed by atoms with Crippen LogP contribution in [0.25, 0.3) is 0 Å². The molecule has 0 unspecified atom stereocenters. The molecule has 1 heterocycles. The Hall–Kier alpha value is -2.90. The fraction of sp³-hybridized carbons (Fsp3) is 0.231. The highest BCUT2D eigenvalue weighted by molar-refractivity contribution is 5.92. The van der Waals surface area contributed by atoms with E-state index in [1.165, 1.54) is 18.2 Å². The fourth-order valence-corrected chi connectivity index (χ4v) is 1.85. The van der Waals surface area contributed by atoms with Gasteiger partial charge in [-0.05, 0) is 32.4 Å². The Kier molecular flexibility index (Phi) is 3.62. The molecule has 2 rings (SSSR count). The molecule has 2 aromatic rings. The Labute approximate surface area is 119 Å². The van der Waals surface area contributed by atoms with Crippen molar-refractivity contribution in [3.05, 3.63) is 55.9 Å². The van der Waals surface area contributed by atoms with Crippen LogP contribution >= 0.6 is 0 Å². The number of oxazole rings is 1. The number of nitro benzene ring substituents is 1. The van der Waals surface area contributed by atoms with Gasteiger partial charge in [-0.2, -0.15) is 4.57 Å². The molecule has 21 heavy (non-hydrogen) atoms. The highest BCUT2D eigenvalue weighted by Crippen LogP contribution is 2.21. The lowest BCUT2D eigenvalue weighted by atomic mass is 10.2. The molecule has 0 radical (unpaired) electrons. The molecule has 0 aliphatic carbocycles. The zero-order valence-electron chi connectivity index (χ0n) is 11.7. The van der Waals surface area contributed by atoms with Crippen LogP contribution in [-0.4, -0.2) is 15.5 Å². The smallest absolute Gasteiger partial charge is 0.413 e. The maximum absolute atomic E-state index is 12.1. The first-order valence-electron chi connectivity index (χ1n) is 6.06. The first-order chi connectivity index (χ1) is 9.81. The molecule has 1 aromatic carbocycles. The number of nitrogens with zero attached hydrogens (tertiary/aromatic N) is 2. The van der Waals surface area contributed by atoms with E-state index in [0.29, 0.717) is 22.7 Å². The van der Waals surface area contributed by atoms with Gasteiger partial charge in [0.1, 0.15) is 5.76 Å². The summed E-state index contributed by atoms with van der Waals surface area (Å²) in [6, 6.07) is 3.36. The summed E-state index contributed by atoms with van der Waals surface area (Å²) >= 11 is 0. The number of aromatic nitrogens is 1. The largest absolute Gasteiger partial charge is 0.427 e. The third-order valence-corrected chi connectivity index (χ3v) is 3.13. The van der Waals surface area contributed by atoms with Crippen molar-refractivity contribution in [2.24, 2.45) is 0 Å². The molecule has 0 fully saturated rings. The number of rotatable bonds is 2. The number of amides is 1. The van der Waals surface area contributed by atoms with Crippen LogP contribution in [0.4, 0.5) is 16.2 Å². The van der Waals surface area contributed by atoms with Crippen LogP contribution in [0.1, 0.15) is 17.0 Å². The SMILES string of the molecule is Cc1cc([N+](=O)[O-])ccc1NC(=O)n1c(C)c(C)oc1=O.